The van der Waals surface area contributed by atoms with Crippen molar-refractivity contribution in [3.63, 3.8) is 0 Å². The Hall–Kier alpha value is -2.20. The van der Waals surface area contributed by atoms with Crippen LogP contribution in [0.25, 0.3) is 0 Å². The first-order valence-corrected chi connectivity index (χ1v) is 8.27. The molecule has 4 nitrogen and oxygen atoms in total. The summed E-state index contributed by atoms with van der Waals surface area (Å²) in [5.41, 5.74) is 2.70. The first-order valence-electron chi connectivity index (χ1n) is 7.89. The van der Waals surface area contributed by atoms with Crippen LogP contribution in [0.4, 0.5) is 21.9 Å². The minimum atomic E-state index is -0.266. The van der Waals surface area contributed by atoms with E-state index >= 15 is 0 Å². The number of hydrogen-bond acceptors (Lipinski definition) is 2. The fourth-order valence-corrected chi connectivity index (χ4v) is 2.86. The SMILES string of the molecule is O=C(Nc1ccc(Cl)cc1)Nc1ccc(N2CCCCC2)cc1. The van der Waals surface area contributed by atoms with E-state index in [9.17, 15) is 4.79 Å². The molecule has 0 spiro atoms. The number of nitrogens with zero attached hydrogens (tertiary/aromatic N) is 1. The summed E-state index contributed by atoms with van der Waals surface area (Å²) >= 11 is 5.82. The van der Waals surface area contributed by atoms with E-state index in [4.69, 9.17) is 11.6 Å². The van der Waals surface area contributed by atoms with Gasteiger partial charge in [0.2, 0.25) is 0 Å². The van der Waals surface area contributed by atoms with E-state index in [-0.39, 0.29) is 6.03 Å². The van der Waals surface area contributed by atoms with Gasteiger partial charge < -0.3 is 15.5 Å². The fraction of sp³-hybridized carbons (Fsp3) is 0.278. The van der Waals surface area contributed by atoms with Crippen LogP contribution in [0.15, 0.2) is 48.5 Å². The van der Waals surface area contributed by atoms with Crippen LogP contribution in [0.3, 0.4) is 0 Å². The number of nitrogens with one attached hydrogen (secondary N) is 2. The second kappa shape index (κ2) is 7.38. The van der Waals surface area contributed by atoms with E-state index in [1.165, 1.54) is 24.9 Å². The zero-order valence-electron chi connectivity index (χ0n) is 12.9. The van der Waals surface area contributed by atoms with E-state index in [0.717, 1.165) is 18.8 Å². The summed E-state index contributed by atoms with van der Waals surface area (Å²) in [5, 5.41) is 6.25. The molecule has 2 N–H and O–H groups in total. The van der Waals surface area contributed by atoms with Gasteiger partial charge in [-0.25, -0.2) is 4.79 Å². The molecule has 3 rings (SSSR count). The van der Waals surface area contributed by atoms with Crippen molar-refractivity contribution < 1.29 is 4.79 Å². The fourth-order valence-electron chi connectivity index (χ4n) is 2.73. The van der Waals surface area contributed by atoms with Crippen molar-refractivity contribution in [3.8, 4) is 0 Å². The standard InChI is InChI=1S/C18H20ClN3O/c19-14-4-6-15(7-5-14)20-18(23)21-16-8-10-17(11-9-16)22-12-2-1-3-13-22/h4-11H,1-3,12-13H2,(H2,20,21,23). The van der Waals surface area contributed by atoms with Gasteiger partial charge in [0.15, 0.2) is 0 Å². The average Bonchev–Trinajstić information content (AvgIpc) is 2.58. The number of anilines is 3. The van der Waals surface area contributed by atoms with Crippen molar-refractivity contribution in [2.45, 2.75) is 19.3 Å². The quantitative estimate of drug-likeness (QED) is 0.834. The lowest BCUT2D eigenvalue weighted by Crippen LogP contribution is -2.29. The van der Waals surface area contributed by atoms with Gasteiger partial charge in [0.05, 0.1) is 0 Å². The van der Waals surface area contributed by atoms with Gasteiger partial charge in [-0.05, 0) is 67.8 Å². The summed E-state index contributed by atoms with van der Waals surface area (Å²) in [6.45, 7) is 2.23. The molecule has 0 saturated carbocycles. The van der Waals surface area contributed by atoms with Crippen molar-refractivity contribution in [3.05, 3.63) is 53.6 Å². The molecule has 23 heavy (non-hydrogen) atoms. The minimum absolute atomic E-state index is 0.266. The van der Waals surface area contributed by atoms with E-state index in [1.807, 2.05) is 12.1 Å². The molecule has 0 aromatic heterocycles. The minimum Gasteiger partial charge on any atom is -0.372 e. The molecule has 2 amide bonds. The van der Waals surface area contributed by atoms with Crippen LogP contribution in [0.5, 0.6) is 0 Å². The third-order valence-corrected chi connectivity index (χ3v) is 4.20. The highest BCUT2D eigenvalue weighted by Gasteiger charge is 2.10. The van der Waals surface area contributed by atoms with Crippen LogP contribution >= 0.6 is 11.6 Å². The molecule has 1 heterocycles. The molecule has 0 aliphatic carbocycles. The van der Waals surface area contributed by atoms with Gasteiger partial charge in [0.25, 0.3) is 0 Å². The number of urea groups is 1. The van der Waals surface area contributed by atoms with Crippen LogP contribution in [-0.2, 0) is 0 Å². The Morgan fingerprint density at radius 3 is 1.91 bits per heavy atom. The van der Waals surface area contributed by atoms with Gasteiger partial charge in [0, 0.05) is 35.2 Å². The molecule has 1 aliphatic rings. The monoisotopic (exact) mass is 329 g/mol. The second-order valence-corrected chi connectivity index (χ2v) is 6.12. The first kappa shape index (κ1) is 15.7. The molecular weight excluding hydrogens is 310 g/mol. The van der Waals surface area contributed by atoms with Crippen molar-refractivity contribution in [2.75, 3.05) is 28.6 Å². The molecule has 0 atom stereocenters. The van der Waals surface area contributed by atoms with Gasteiger partial charge in [0.1, 0.15) is 0 Å². The average molecular weight is 330 g/mol. The van der Waals surface area contributed by atoms with Crippen LogP contribution in [0.2, 0.25) is 5.02 Å². The maximum atomic E-state index is 12.0. The zero-order valence-corrected chi connectivity index (χ0v) is 13.6. The molecule has 0 unspecified atom stereocenters. The third kappa shape index (κ3) is 4.39. The Bertz CT molecular complexity index is 649. The molecular formula is C18H20ClN3O. The molecule has 1 fully saturated rings. The lowest BCUT2D eigenvalue weighted by atomic mass is 10.1. The lowest BCUT2D eigenvalue weighted by molar-refractivity contribution is 0.262. The number of benzene rings is 2. The molecule has 1 saturated heterocycles. The van der Waals surface area contributed by atoms with Gasteiger partial charge in [-0.1, -0.05) is 11.6 Å². The number of hydrogen-bond donors (Lipinski definition) is 2. The summed E-state index contributed by atoms with van der Waals surface area (Å²) < 4.78 is 0. The Labute approximate surface area is 141 Å². The zero-order chi connectivity index (χ0) is 16.1. The highest BCUT2D eigenvalue weighted by molar-refractivity contribution is 6.30. The second-order valence-electron chi connectivity index (χ2n) is 5.68. The van der Waals surface area contributed by atoms with Crippen molar-refractivity contribution >= 4 is 34.7 Å². The topological polar surface area (TPSA) is 44.4 Å². The normalized spacial score (nSPS) is 14.4. The Kier molecular flexibility index (Phi) is 5.03. The molecule has 0 radical (unpaired) electrons. The third-order valence-electron chi connectivity index (χ3n) is 3.95. The predicted octanol–water partition coefficient (Wildman–Crippen LogP) is 4.97. The molecule has 5 heteroatoms. The molecule has 120 valence electrons. The number of piperidine rings is 1. The number of amides is 2. The van der Waals surface area contributed by atoms with Crippen LogP contribution in [0.1, 0.15) is 19.3 Å². The van der Waals surface area contributed by atoms with Crippen LogP contribution in [-0.4, -0.2) is 19.1 Å². The molecule has 2 aromatic rings. The Balaban J connectivity index is 1.57. The van der Waals surface area contributed by atoms with E-state index in [0.29, 0.717) is 10.7 Å². The van der Waals surface area contributed by atoms with Crippen LogP contribution in [0, 0.1) is 0 Å². The van der Waals surface area contributed by atoms with Crippen LogP contribution < -0.4 is 15.5 Å². The van der Waals surface area contributed by atoms with Crippen molar-refractivity contribution in [1.29, 1.82) is 0 Å². The van der Waals surface area contributed by atoms with Gasteiger partial charge >= 0.3 is 6.03 Å². The number of carbonyl (C=O) groups is 1. The van der Waals surface area contributed by atoms with Gasteiger partial charge in [-0.2, -0.15) is 0 Å². The number of halogens is 1. The molecule has 2 aromatic carbocycles. The van der Waals surface area contributed by atoms with Crippen molar-refractivity contribution in [2.24, 2.45) is 0 Å². The molecule has 1 aliphatic heterocycles. The summed E-state index contributed by atoms with van der Waals surface area (Å²) in [7, 11) is 0. The summed E-state index contributed by atoms with van der Waals surface area (Å²) in [4.78, 5) is 14.4. The predicted molar refractivity (Wildman–Crippen MR) is 96.6 cm³/mol. The summed E-state index contributed by atoms with van der Waals surface area (Å²) in [6.07, 6.45) is 3.83. The van der Waals surface area contributed by atoms with E-state index in [2.05, 4.69) is 27.7 Å². The first-order chi connectivity index (χ1) is 11.2. The summed E-state index contributed by atoms with van der Waals surface area (Å²) in [5.74, 6) is 0. The highest BCUT2D eigenvalue weighted by Crippen LogP contribution is 2.22. The van der Waals surface area contributed by atoms with Gasteiger partial charge in [-0.15, -0.1) is 0 Å². The van der Waals surface area contributed by atoms with E-state index < -0.39 is 0 Å². The maximum absolute atomic E-state index is 12.0. The van der Waals surface area contributed by atoms with Gasteiger partial charge in [-0.3, -0.25) is 0 Å². The Morgan fingerprint density at radius 2 is 1.35 bits per heavy atom. The number of rotatable bonds is 3. The largest absolute Gasteiger partial charge is 0.372 e. The molecule has 0 bridgehead atoms. The smallest absolute Gasteiger partial charge is 0.323 e. The number of carbonyl (C=O) groups excluding carboxylic acids is 1. The summed E-state index contributed by atoms with van der Waals surface area (Å²) in [6, 6.07) is 14.7. The Morgan fingerprint density at radius 1 is 0.826 bits per heavy atom. The van der Waals surface area contributed by atoms with Crippen molar-refractivity contribution in [1.82, 2.24) is 0 Å². The maximum Gasteiger partial charge on any atom is 0.323 e. The lowest BCUT2D eigenvalue weighted by Gasteiger charge is -2.28. The highest BCUT2D eigenvalue weighted by atomic mass is 35.5. The van der Waals surface area contributed by atoms with E-state index in [1.54, 1.807) is 24.3 Å².